The molecule has 0 spiro atoms. The fourth-order valence-corrected chi connectivity index (χ4v) is 6.15. The molecule has 0 amide bonds. The van der Waals surface area contributed by atoms with Gasteiger partial charge in [0.05, 0.1) is 0 Å². The SMILES string of the molecule is C[N-]C.C[N-]C.C[N-]CP(C)C1CCCC1I.[CH3-].[Hf+4]. The van der Waals surface area contributed by atoms with Crippen LogP contribution in [0.15, 0.2) is 0 Å². The van der Waals surface area contributed by atoms with Crippen LogP contribution in [-0.4, -0.2) is 57.8 Å². The third-order valence-corrected chi connectivity index (χ3v) is 6.87. The van der Waals surface area contributed by atoms with Crippen LogP contribution in [0.1, 0.15) is 19.3 Å². The molecular formula is C13H31HfIN3P. The normalized spacial score (nSPS) is 21.6. The Morgan fingerprint density at radius 2 is 1.47 bits per heavy atom. The fourth-order valence-electron chi connectivity index (χ4n) is 1.72. The summed E-state index contributed by atoms with van der Waals surface area (Å²) in [6.45, 7) is 2.41. The van der Waals surface area contributed by atoms with Crippen LogP contribution in [0.3, 0.4) is 0 Å². The molecule has 0 aromatic carbocycles. The Bertz CT molecular complexity index is 154. The van der Waals surface area contributed by atoms with Crippen molar-refractivity contribution >= 4 is 30.5 Å². The summed E-state index contributed by atoms with van der Waals surface area (Å²) in [6.07, 6.45) is 5.49. The molecule has 1 fully saturated rings. The van der Waals surface area contributed by atoms with Gasteiger partial charge in [-0.3, -0.25) is 0 Å². The van der Waals surface area contributed by atoms with E-state index in [-0.39, 0.29) is 41.2 Å². The number of alkyl halides is 1. The summed E-state index contributed by atoms with van der Waals surface area (Å²) in [4.78, 5) is 0. The molecule has 0 saturated heterocycles. The number of hydrogen-bond acceptors (Lipinski definition) is 0. The third-order valence-electron chi connectivity index (χ3n) is 2.33. The second kappa shape index (κ2) is 22.2. The Morgan fingerprint density at radius 3 is 1.74 bits per heavy atom. The predicted molar refractivity (Wildman–Crippen MR) is 99.3 cm³/mol. The van der Waals surface area contributed by atoms with E-state index < -0.39 is 0 Å². The van der Waals surface area contributed by atoms with Crippen LogP contribution >= 0.6 is 30.5 Å². The molecule has 3 nitrogen and oxygen atoms in total. The monoisotopic (exact) mass is 567 g/mol. The van der Waals surface area contributed by atoms with E-state index in [9.17, 15) is 0 Å². The molecule has 0 aliphatic heterocycles. The minimum Gasteiger partial charge on any atom is -0.668 e. The first-order valence-electron chi connectivity index (χ1n) is 5.94. The van der Waals surface area contributed by atoms with Crippen LogP contribution in [0.4, 0.5) is 0 Å². The molecular weight excluding hydrogens is 535 g/mol. The maximum Gasteiger partial charge on any atom is 4.00 e. The molecule has 1 aliphatic rings. The third kappa shape index (κ3) is 17.9. The van der Waals surface area contributed by atoms with Gasteiger partial charge in [0, 0.05) is 3.92 Å². The van der Waals surface area contributed by atoms with Crippen LogP contribution < -0.4 is 0 Å². The number of nitrogens with zero attached hydrogens (tertiary/aromatic N) is 3. The minimum absolute atomic E-state index is 0. The Morgan fingerprint density at radius 1 is 1.05 bits per heavy atom. The van der Waals surface area contributed by atoms with E-state index in [0.29, 0.717) is 0 Å². The molecule has 0 N–H and O–H groups in total. The molecule has 6 heteroatoms. The molecule has 3 unspecified atom stereocenters. The second-order valence-electron chi connectivity index (χ2n) is 4.12. The van der Waals surface area contributed by atoms with E-state index >= 15 is 0 Å². The van der Waals surface area contributed by atoms with Crippen LogP contribution in [0.2, 0.25) is 0 Å². The Kier molecular flexibility index (Phi) is 33.9. The zero-order valence-electron chi connectivity index (χ0n) is 13.6. The Balaban J connectivity index is -0.000000122. The van der Waals surface area contributed by atoms with Crippen molar-refractivity contribution in [2.75, 3.05) is 48.2 Å². The summed E-state index contributed by atoms with van der Waals surface area (Å²) in [7, 11) is 9.15. The summed E-state index contributed by atoms with van der Waals surface area (Å²) in [5.41, 5.74) is 1.01. The molecule has 3 atom stereocenters. The van der Waals surface area contributed by atoms with E-state index in [1.807, 2.05) is 7.05 Å². The first-order valence-corrected chi connectivity index (χ1v) is 9.23. The zero-order valence-corrected chi connectivity index (χ0v) is 20.3. The first kappa shape index (κ1) is 29.0. The molecule has 0 heterocycles. The number of hydrogen-bond donors (Lipinski definition) is 0. The maximum absolute atomic E-state index is 4.24. The van der Waals surface area contributed by atoms with Gasteiger partial charge in [0.25, 0.3) is 0 Å². The zero-order chi connectivity index (χ0) is 13.7. The van der Waals surface area contributed by atoms with Gasteiger partial charge in [-0.2, -0.15) is 35.2 Å². The summed E-state index contributed by atoms with van der Waals surface area (Å²) < 4.78 is 0.950. The quantitative estimate of drug-likeness (QED) is 0.150. The molecule has 0 aromatic heterocycles. The predicted octanol–water partition coefficient (Wildman–Crippen LogP) is 5.10. The Hall–Kier alpha value is 1.91. The van der Waals surface area contributed by atoms with Gasteiger partial charge >= 0.3 is 25.8 Å². The van der Waals surface area contributed by atoms with Crippen molar-refractivity contribution in [3.8, 4) is 0 Å². The van der Waals surface area contributed by atoms with Gasteiger partial charge in [0.2, 0.25) is 0 Å². The van der Waals surface area contributed by atoms with Gasteiger partial charge in [-0.25, -0.2) is 0 Å². The van der Waals surface area contributed by atoms with E-state index in [1.165, 1.54) is 19.3 Å². The minimum atomic E-state index is 0. The molecule has 0 aromatic rings. The second-order valence-corrected chi connectivity index (χ2v) is 8.18. The van der Waals surface area contributed by atoms with Crippen molar-refractivity contribution in [1.82, 2.24) is 0 Å². The summed E-state index contributed by atoms with van der Waals surface area (Å²) >= 11 is 2.62. The molecule has 1 saturated carbocycles. The van der Waals surface area contributed by atoms with Crippen LogP contribution in [0.5, 0.6) is 0 Å². The van der Waals surface area contributed by atoms with Crippen molar-refractivity contribution in [2.24, 2.45) is 0 Å². The number of halogens is 1. The maximum atomic E-state index is 4.24. The smallest absolute Gasteiger partial charge is 0.668 e. The molecule has 1 rings (SSSR count). The van der Waals surface area contributed by atoms with Gasteiger partial charge in [0.1, 0.15) is 0 Å². The summed E-state index contributed by atoms with van der Waals surface area (Å²) in [5.74, 6) is 0. The van der Waals surface area contributed by atoms with E-state index in [4.69, 9.17) is 0 Å². The van der Waals surface area contributed by atoms with Crippen molar-refractivity contribution in [2.45, 2.75) is 28.8 Å². The summed E-state index contributed by atoms with van der Waals surface area (Å²) in [5, 5.41) is 11.2. The van der Waals surface area contributed by atoms with Crippen LogP contribution in [0.25, 0.3) is 16.0 Å². The average molecular weight is 566 g/mol. The molecule has 1 aliphatic carbocycles. The molecule has 0 bridgehead atoms. The van der Waals surface area contributed by atoms with Crippen molar-refractivity contribution in [3.63, 3.8) is 0 Å². The molecule has 0 radical (unpaired) electrons. The van der Waals surface area contributed by atoms with Gasteiger partial charge in [-0.05, 0) is 25.2 Å². The van der Waals surface area contributed by atoms with Crippen LogP contribution in [-0.2, 0) is 25.8 Å². The topological polar surface area (TPSA) is 42.3 Å². The average Bonchev–Trinajstić information content (AvgIpc) is 2.67. The molecule has 19 heavy (non-hydrogen) atoms. The molecule has 114 valence electrons. The van der Waals surface area contributed by atoms with E-state index in [1.54, 1.807) is 28.2 Å². The largest absolute Gasteiger partial charge is 4.00 e. The summed E-state index contributed by atoms with van der Waals surface area (Å²) in [6, 6.07) is 0. The number of rotatable bonds is 3. The standard InChI is InChI=1S/C8H16INP.2C2H6N.CH3.Hf/c1-10-6-11(2)8-5-3-4-7(8)9;2*1-3-2;;/h7-8H,3-6H2,1-2H3;2*1-2H3;1H3;/q4*-1;+4. The van der Waals surface area contributed by atoms with Gasteiger partial charge in [0.15, 0.2) is 0 Å². The van der Waals surface area contributed by atoms with Crippen molar-refractivity contribution in [1.29, 1.82) is 0 Å². The van der Waals surface area contributed by atoms with Crippen LogP contribution in [0, 0.1) is 7.43 Å². The van der Waals surface area contributed by atoms with Crippen molar-refractivity contribution < 1.29 is 25.8 Å². The fraction of sp³-hybridized carbons (Fsp3) is 0.923. The van der Waals surface area contributed by atoms with E-state index in [0.717, 1.165) is 15.9 Å². The van der Waals surface area contributed by atoms with Gasteiger partial charge in [-0.15, -0.1) is 14.2 Å². The Labute approximate surface area is 155 Å². The van der Waals surface area contributed by atoms with E-state index in [2.05, 4.69) is 45.2 Å². The van der Waals surface area contributed by atoms with Crippen molar-refractivity contribution in [3.05, 3.63) is 23.4 Å². The van der Waals surface area contributed by atoms with Gasteiger partial charge < -0.3 is 23.4 Å². The van der Waals surface area contributed by atoms with Gasteiger partial charge in [-0.1, -0.05) is 29.0 Å². The first-order chi connectivity index (χ1) is 8.08.